The topological polar surface area (TPSA) is 64.3 Å². The molecule has 0 atom stereocenters. The first kappa shape index (κ1) is 13.5. The largest absolute Gasteiger partial charge is 0.476 e. The van der Waals surface area contributed by atoms with Crippen LogP contribution in [0.15, 0.2) is 22.7 Å². The summed E-state index contributed by atoms with van der Waals surface area (Å²) in [5, 5.41) is 12.8. The van der Waals surface area contributed by atoms with Gasteiger partial charge in [-0.15, -0.1) is 0 Å². The van der Waals surface area contributed by atoms with Crippen LogP contribution in [-0.2, 0) is 7.05 Å². The Balaban J connectivity index is 2.41. The van der Waals surface area contributed by atoms with Crippen molar-refractivity contribution in [3.63, 3.8) is 0 Å². The SMILES string of the molecule is Cc1c(C(=O)O)nn(C)c1Oc1ccc(Br)cc1F. The first-order valence-corrected chi connectivity index (χ1v) is 6.09. The number of carboxylic acid groups (broad SMARTS) is 1. The van der Waals surface area contributed by atoms with Crippen molar-refractivity contribution < 1.29 is 19.0 Å². The molecule has 0 aliphatic carbocycles. The monoisotopic (exact) mass is 328 g/mol. The molecule has 0 saturated carbocycles. The van der Waals surface area contributed by atoms with Gasteiger partial charge in [0, 0.05) is 17.1 Å². The van der Waals surface area contributed by atoms with E-state index in [4.69, 9.17) is 9.84 Å². The molecule has 0 bridgehead atoms. The minimum absolute atomic E-state index is 0.00578. The van der Waals surface area contributed by atoms with Gasteiger partial charge >= 0.3 is 5.97 Å². The van der Waals surface area contributed by atoms with E-state index >= 15 is 0 Å². The quantitative estimate of drug-likeness (QED) is 0.940. The molecule has 0 spiro atoms. The van der Waals surface area contributed by atoms with Crippen molar-refractivity contribution in [3.8, 4) is 11.6 Å². The van der Waals surface area contributed by atoms with Crippen LogP contribution in [0.25, 0.3) is 0 Å². The van der Waals surface area contributed by atoms with Gasteiger partial charge in [0.25, 0.3) is 0 Å². The molecule has 5 nitrogen and oxygen atoms in total. The Labute approximate surface area is 116 Å². The van der Waals surface area contributed by atoms with E-state index in [1.165, 1.54) is 23.9 Å². The van der Waals surface area contributed by atoms with Gasteiger partial charge in [-0.05, 0) is 25.1 Å². The highest BCUT2D eigenvalue weighted by Gasteiger charge is 2.20. The fourth-order valence-electron chi connectivity index (χ4n) is 1.62. The smallest absolute Gasteiger partial charge is 0.356 e. The third kappa shape index (κ3) is 2.60. The van der Waals surface area contributed by atoms with Gasteiger partial charge in [0.1, 0.15) is 0 Å². The molecular formula is C12H10BrFN2O3. The lowest BCUT2D eigenvalue weighted by molar-refractivity contribution is 0.0689. The maximum atomic E-state index is 13.7. The van der Waals surface area contributed by atoms with Crippen LogP contribution >= 0.6 is 15.9 Å². The fourth-order valence-corrected chi connectivity index (χ4v) is 1.96. The summed E-state index contributed by atoms with van der Waals surface area (Å²) in [5.41, 5.74) is 0.229. The van der Waals surface area contributed by atoms with E-state index in [1.54, 1.807) is 13.0 Å². The number of rotatable bonds is 3. The maximum Gasteiger partial charge on any atom is 0.356 e. The highest BCUT2D eigenvalue weighted by Crippen LogP contribution is 2.29. The van der Waals surface area contributed by atoms with Crippen molar-refractivity contribution in [1.29, 1.82) is 0 Å². The molecule has 0 aliphatic heterocycles. The van der Waals surface area contributed by atoms with Crippen molar-refractivity contribution in [2.75, 3.05) is 0 Å². The van der Waals surface area contributed by atoms with Crippen LogP contribution in [0.3, 0.4) is 0 Å². The molecule has 0 fully saturated rings. The van der Waals surface area contributed by atoms with E-state index in [0.717, 1.165) is 0 Å². The molecule has 0 saturated heterocycles. The van der Waals surface area contributed by atoms with E-state index in [2.05, 4.69) is 21.0 Å². The Hall–Kier alpha value is -1.89. The number of aryl methyl sites for hydroxylation is 1. The van der Waals surface area contributed by atoms with Crippen LogP contribution in [0.4, 0.5) is 4.39 Å². The molecule has 0 unspecified atom stereocenters. The second kappa shape index (κ2) is 5.00. The Morgan fingerprint density at radius 3 is 2.74 bits per heavy atom. The van der Waals surface area contributed by atoms with Gasteiger partial charge in [0.2, 0.25) is 5.88 Å². The van der Waals surface area contributed by atoms with Gasteiger partial charge in [-0.3, -0.25) is 0 Å². The maximum absolute atomic E-state index is 13.7. The lowest BCUT2D eigenvalue weighted by Crippen LogP contribution is -2.00. The van der Waals surface area contributed by atoms with Crippen LogP contribution < -0.4 is 4.74 Å². The summed E-state index contributed by atoms with van der Waals surface area (Å²) >= 11 is 3.14. The molecule has 1 heterocycles. The molecule has 19 heavy (non-hydrogen) atoms. The third-order valence-electron chi connectivity index (χ3n) is 2.52. The summed E-state index contributed by atoms with van der Waals surface area (Å²) in [4.78, 5) is 10.9. The number of aromatic carboxylic acids is 1. The van der Waals surface area contributed by atoms with E-state index in [0.29, 0.717) is 10.0 Å². The van der Waals surface area contributed by atoms with Gasteiger partial charge in [0.15, 0.2) is 17.3 Å². The number of benzene rings is 1. The van der Waals surface area contributed by atoms with E-state index in [9.17, 15) is 9.18 Å². The average molecular weight is 329 g/mol. The highest BCUT2D eigenvalue weighted by atomic mass is 79.9. The average Bonchev–Trinajstić information content (AvgIpc) is 2.60. The van der Waals surface area contributed by atoms with E-state index < -0.39 is 11.8 Å². The molecule has 1 N–H and O–H groups in total. The number of ether oxygens (including phenoxy) is 1. The predicted molar refractivity (Wildman–Crippen MR) is 69.1 cm³/mol. The molecular weight excluding hydrogens is 319 g/mol. The molecule has 0 amide bonds. The van der Waals surface area contributed by atoms with Crippen LogP contribution in [0.2, 0.25) is 0 Å². The predicted octanol–water partition coefficient (Wildman–Crippen LogP) is 3.12. The molecule has 7 heteroatoms. The van der Waals surface area contributed by atoms with Crippen molar-refractivity contribution in [2.45, 2.75) is 6.92 Å². The molecule has 0 aliphatic rings. The van der Waals surface area contributed by atoms with Gasteiger partial charge < -0.3 is 9.84 Å². The Morgan fingerprint density at radius 2 is 2.21 bits per heavy atom. The summed E-state index contributed by atoms with van der Waals surface area (Å²) < 4.78 is 20.9. The summed E-state index contributed by atoms with van der Waals surface area (Å²) in [6.45, 7) is 1.56. The zero-order chi connectivity index (χ0) is 14.2. The second-order valence-corrected chi connectivity index (χ2v) is 4.80. The molecule has 1 aromatic carbocycles. The summed E-state index contributed by atoms with van der Waals surface area (Å²) in [5.74, 6) is -1.50. The summed E-state index contributed by atoms with van der Waals surface area (Å²) in [6, 6.07) is 4.34. The van der Waals surface area contributed by atoms with Gasteiger partial charge in [-0.2, -0.15) is 5.10 Å². The van der Waals surface area contributed by atoms with E-state index in [-0.39, 0.29) is 17.3 Å². The molecule has 1 aromatic heterocycles. The Kier molecular flexibility index (Phi) is 3.57. The number of hydrogen-bond acceptors (Lipinski definition) is 3. The molecule has 100 valence electrons. The lowest BCUT2D eigenvalue weighted by atomic mass is 10.2. The minimum Gasteiger partial charge on any atom is -0.476 e. The first-order valence-electron chi connectivity index (χ1n) is 5.30. The Morgan fingerprint density at radius 1 is 1.53 bits per heavy atom. The summed E-state index contributed by atoms with van der Waals surface area (Å²) in [7, 11) is 1.53. The fraction of sp³-hybridized carbons (Fsp3) is 0.167. The minimum atomic E-state index is -1.15. The number of carbonyl (C=O) groups is 1. The number of nitrogens with zero attached hydrogens (tertiary/aromatic N) is 2. The summed E-state index contributed by atoms with van der Waals surface area (Å²) in [6.07, 6.45) is 0. The Bertz CT molecular complexity index is 655. The molecule has 0 radical (unpaired) electrons. The third-order valence-corrected chi connectivity index (χ3v) is 3.02. The van der Waals surface area contributed by atoms with Crippen LogP contribution in [-0.4, -0.2) is 20.9 Å². The number of aromatic nitrogens is 2. The zero-order valence-electron chi connectivity index (χ0n) is 10.1. The lowest BCUT2D eigenvalue weighted by Gasteiger charge is -2.07. The van der Waals surface area contributed by atoms with Crippen LogP contribution in [0.5, 0.6) is 11.6 Å². The number of halogens is 2. The van der Waals surface area contributed by atoms with Gasteiger partial charge in [0.05, 0.1) is 0 Å². The first-order chi connectivity index (χ1) is 8.90. The standard InChI is InChI=1S/C12H10BrFN2O3/c1-6-10(12(17)18)15-16(2)11(6)19-9-4-3-7(13)5-8(9)14/h3-5H,1-2H3,(H,17,18). The zero-order valence-corrected chi connectivity index (χ0v) is 11.7. The number of carboxylic acids is 1. The van der Waals surface area contributed by atoms with Gasteiger partial charge in [-0.1, -0.05) is 15.9 Å². The van der Waals surface area contributed by atoms with Crippen LogP contribution in [0, 0.1) is 12.7 Å². The van der Waals surface area contributed by atoms with E-state index in [1.807, 2.05) is 0 Å². The van der Waals surface area contributed by atoms with Crippen molar-refractivity contribution in [3.05, 3.63) is 39.7 Å². The second-order valence-electron chi connectivity index (χ2n) is 3.88. The highest BCUT2D eigenvalue weighted by molar-refractivity contribution is 9.10. The normalized spacial score (nSPS) is 10.5. The number of hydrogen-bond donors (Lipinski definition) is 1. The molecule has 2 aromatic rings. The van der Waals surface area contributed by atoms with Crippen molar-refractivity contribution in [1.82, 2.24) is 9.78 Å². The van der Waals surface area contributed by atoms with Gasteiger partial charge in [-0.25, -0.2) is 13.9 Å². The molecule has 2 rings (SSSR count). The van der Waals surface area contributed by atoms with Crippen molar-refractivity contribution in [2.24, 2.45) is 7.05 Å². The van der Waals surface area contributed by atoms with Crippen LogP contribution in [0.1, 0.15) is 16.1 Å². The van der Waals surface area contributed by atoms with Crippen molar-refractivity contribution >= 4 is 21.9 Å².